The second-order valence-electron chi connectivity index (χ2n) is 6.59. The van der Waals surface area contributed by atoms with Gasteiger partial charge in [-0.25, -0.2) is 13.4 Å². The van der Waals surface area contributed by atoms with Gasteiger partial charge in [0.15, 0.2) is 0 Å². The van der Waals surface area contributed by atoms with Crippen molar-refractivity contribution in [1.82, 2.24) is 4.98 Å². The molecule has 0 unspecified atom stereocenters. The van der Waals surface area contributed by atoms with Crippen LogP contribution in [0.15, 0.2) is 65.7 Å². The number of anilines is 3. The lowest BCUT2D eigenvalue weighted by Crippen LogP contribution is -2.17. The van der Waals surface area contributed by atoms with Crippen LogP contribution in [0.5, 0.6) is 0 Å². The number of benzene rings is 2. The summed E-state index contributed by atoms with van der Waals surface area (Å²) in [6.07, 6.45) is -9.21. The number of hydrogen-bond donors (Lipinski definition) is 2. The summed E-state index contributed by atoms with van der Waals surface area (Å²) in [5.41, 5.74) is -2.78. The fourth-order valence-corrected chi connectivity index (χ4v) is 3.75. The van der Waals surface area contributed by atoms with Crippen LogP contribution < -0.4 is 10.0 Å². The Bertz CT molecular complexity index is 1280. The lowest BCUT2D eigenvalue weighted by Gasteiger charge is -2.15. The Morgan fingerprint density at radius 1 is 0.818 bits per heavy atom. The number of nitrogens with zero attached hydrogens (tertiary/aromatic N) is 2. The molecule has 172 valence electrons. The molecule has 13 heteroatoms. The topological polar surface area (TPSA) is 94.9 Å². The molecule has 1 heterocycles. The lowest BCUT2D eigenvalue weighted by atomic mass is 10.1. The molecule has 2 N–H and O–H groups in total. The fraction of sp³-hybridized carbons (Fsp3) is 0.100. The van der Waals surface area contributed by atoms with Crippen molar-refractivity contribution >= 4 is 27.2 Å². The molecule has 33 heavy (non-hydrogen) atoms. The van der Waals surface area contributed by atoms with E-state index in [0.29, 0.717) is 11.3 Å². The maximum atomic E-state index is 13.0. The Morgan fingerprint density at radius 3 is 1.91 bits per heavy atom. The molecule has 0 saturated heterocycles. The van der Waals surface area contributed by atoms with E-state index >= 15 is 0 Å². The zero-order valence-electron chi connectivity index (χ0n) is 16.2. The van der Waals surface area contributed by atoms with Crippen molar-refractivity contribution in [2.75, 3.05) is 10.0 Å². The molecule has 0 aliphatic carbocycles. The third kappa shape index (κ3) is 5.92. The van der Waals surface area contributed by atoms with Crippen LogP contribution in [-0.2, 0) is 22.4 Å². The first-order valence-corrected chi connectivity index (χ1v) is 10.3. The van der Waals surface area contributed by atoms with Crippen LogP contribution in [0, 0.1) is 11.3 Å². The van der Waals surface area contributed by atoms with Gasteiger partial charge in [0, 0.05) is 18.0 Å². The van der Waals surface area contributed by atoms with E-state index in [0.717, 1.165) is 0 Å². The highest BCUT2D eigenvalue weighted by molar-refractivity contribution is 7.92. The number of pyridine rings is 1. The average Bonchev–Trinajstić information content (AvgIpc) is 2.73. The first-order valence-electron chi connectivity index (χ1n) is 8.83. The number of nitriles is 1. The molecule has 0 aliphatic heterocycles. The van der Waals surface area contributed by atoms with Gasteiger partial charge in [-0.3, -0.25) is 4.72 Å². The summed E-state index contributed by atoms with van der Waals surface area (Å²) in [6.45, 7) is 0. The molecule has 0 amide bonds. The SMILES string of the molecule is N#Cc1ccc(Nc2cc(NS(=O)(=O)c3cc(C(F)(F)F)cc(C(F)(F)F)c3)ccn2)cc1. The molecule has 0 saturated carbocycles. The largest absolute Gasteiger partial charge is 0.416 e. The van der Waals surface area contributed by atoms with E-state index < -0.39 is 38.4 Å². The molecule has 3 rings (SSSR count). The highest BCUT2D eigenvalue weighted by Gasteiger charge is 2.38. The molecule has 0 radical (unpaired) electrons. The number of alkyl halides is 6. The monoisotopic (exact) mass is 486 g/mol. The second-order valence-corrected chi connectivity index (χ2v) is 8.27. The van der Waals surface area contributed by atoms with Crippen LogP contribution in [0.2, 0.25) is 0 Å². The summed E-state index contributed by atoms with van der Waals surface area (Å²) in [4.78, 5) is 2.76. The number of sulfonamides is 1. The van der Waals surface area contributed by atoms with Gasteiger partial charge >= 0.3 is 12.4 Å². The predicted molar refractivity (Wildman–Crippen MR) is 106 cm³/mol. The van der Waals surface area contributed by atoms with E-state index in [4.69, 9.17) is 5.26 Å². The molecule has 0 aliphatic rings. The second kappa shape index (κ2) is 8.62. The highest BCUT2D eigenvalue weighted by atomic mass is 32.2. The number of aromatic nitrogens is 1. The standard InChI is InChI=1S/C20H12F6N4O2S/c21-19(22,23)13-7-14(20(24,25)26)9-17(8-13)33(31,32)30-16-5-6-28-18(10-16)29-15-3-1-12(11-27)2-4-15/h1-10H,(H2,28,29,30). The Hall–Kier alpha value is -3.79. The zero-order valence-corrected chi connectivity index (χ0v) is 17.0. The molecule has 0 spiro atoms. The number of hydrogen-bond acceptors (Lipinski definition) is 5. The molecular formula is C20H12F6N4O2S. The molecule has 0 fully saturated rings. The molecule has 0 bridgehead atoms. The van der Waals surface area contributed by atoms with E-state index in [1.165, 1.54) is 30.5 Å². The summed E-state index contributed by atoms with van der Waals surface area (Å²) in [6, 6.07) is 10.5. The van der Waals surface area contributed by atoms with Gasteiger partial charge in [-0.1, -0.05) is 0 Å². The highest BCUT2D eigenvalue weighted by Crippen LogP contribution is 2.37. The Balaban J connectivity index is 1.92. The summed E-state index contributed by atoms with van der Waals surface area (Å²) < 4.78 is 105. The van der Waals surface area contributed by atoms with Gasteiger partial charge < -0.3 is 5.32 Å². The third-order valence-corrected chi connectivity index (χ3v) is 5.53. The van der Waals surface area contributed by atoms with Gasteiger partial charge in [-0.2, -0.15) is 31.6 Å². The van der Waals surface area contributed by atoms with Crippen molar-refractivity contribution < 1.29 is 34.8 Å². The lowest BCUT2D eigenvalue weighted by molar-refractivity contribution is -0.143. The van der Waals surface area contributed by atoms with Gasteiger partial charge in [0.05, 0.1) is 33.3 Å². The quantitative estimate of drug-likeness (QED) is 0.462. The van der Waals surface area contributed by atoms with Crippen molar-refractivity contribution in [2.24, 2.45) is 0 Å². The first kappa shape index (κ1) is 23.9. The molecule has 6 nitrogen and oxygen atoms in total. The molecule has 2 aromatic carbocycles. The van der Waals surface area contributed by atoms with Crippen molar-refractivity contribution in [3.63, 3.8) is 0 Å². The van der Waals surface area contributed by atoms with Gasteiger partial charge in [0.25, 0.3) is 10.0 Å². The van der Waals surface area contributed by atoms with E-state index in [2.05, 4.69) is 10.3 Å². The van der Waals surface area contributed by atoms with Crippen LogP contribution in [0.3, 0.4) is 0 Å². The summed E-state index contributed by atoms with van der Waals surface area (Å²) in [5.74, 6) is 0.125. The summed E-state index contributed by atoms with van der Waals surface area (Å²) >= 11 is 0. The molecule has 0 atom stereocenters. The first-order chi connectivity index (χ1) is 15.3. The van der Waals surface area contributed by atoms with Crippen LogP contribution in [0.4, 0.5) is 43.5 Å². The molecular weight excluding hydrogens is 474 g/mol. The third-order valence-electron chi connectivity index (χ3n) is 4.17. The van der Waals surface area contributed by atoms with Crippen molar-refractivity contribution in [1.29, 1.82) is 5.26 Å². The van der Waals surface area contributed by atoms with Gasteiger partial charge in [-0.15, -0.1) is 0 Å². The molecule has 3 aromatic rings. The van der Waals surface area contributed by atoms with Crippen LogP contribution in [-0.4, -0.2) is 13.4 Å². The van der Waals surface area contributed by atoms with Gasteiger partial charge in [0.1, 0.15) is 5.82 Å². The summed E-state index contributed by atoms with van der Waals surface area (Å²) in [7, 11) is -4.82. The van der Waals surface area contributed by atoms with Crippen molar-refractivity contribution in [2.45, 2.75) is 17.2 Å². The molecule has 1 aromatic heterocycles. The van der Waals surface area contributed by atoms with Crippen LogP contribution >= 0.6 is 0 Å². The van der Waals surface area contributed by atoms with Crippen LogP contribution in [0.1, 0.15) is 16.7 Å². The van der Waals surface area contributed by atoms with Crippen LogP contribution in [0.25, 0.3) is 0 Å². The van der Waals surface area contributed by atoms with E-state index in [1.807, 2.05) is 10.8 Å². The van der Waals surface area contributed by atoms with Crippen molar-refractivity contribution in [3.8, 4) is 6.07 Å². The van der Waals surface area contributed by atoms with Gasteiger partial charge in [0.2, 0.25) is 0 Å². The zero-order chi connectivity index (χ0) is 24.4. The number of nitrogens with one attached hydrogen (secondary N) is 2. The number of halogens is 6. The minimum absolute atomic E-state index is 0.120. The van der Waals surface area contributed by atoms with E-state index in [1.54, 1.807) is 12.1 Å². The predicted octanol–water partition coefficient (Wildman–Crippen LogP) is 5.54. The Kier molecular flexibility index (Phi) is 6.24. The number of rotatable bonds is 5. The van der Waals surface area contributed by atoms with Gasteiger partial charge in [-0.05, 0) is 48.5 Å². The minimum Gasteiger partial charge on any atom is -0.340 e. The minimum atomic E-state index is -5.19. The van der Waals surface area contributed by atoms with E-state index in [-0.39, 0.29) is 29.7 Å². The smallest absolute Gasteiger partial charge is 0.340 e. The van der Waals surface area contributed by atoms with E-state index in [9.17, 15) is 34.8 Å². The summed E-state index contributed by atoms with van der Waals surface area (Å²) in [5, 5.41) is 11.6. The maximum Gasteiger partial charge on any atom is 0.416 e. The average molecular weight is 486 g/mol. The fourth-order valence-electron chi connectivity index (χ4n) is 2.63. The maximum absolute atomic E-state index is 13.0. The Labute approximate surface area is 183 Å². The Morgan fingerprint density at radius 2 is 1.39 bits per heavy atom. The van der Waals surface area contributed by atoms with Crippen molar-refractivity contribution in [3.05, 3.63) is 77.5 Å². The normalized spacial score (nSPS) is 12.2.